The smallest absolute Gasteiger partial charge is 0.0111 e. The number of likely N-dealkylation sites (tertiary alicyclic amines) is 1. The van der Waals surface area contributed by atoms with Crippen LogP contribution < -0.4 is 5.73 Å². The molecular formula is C13H26N2. The van der Waals surface area contributed by atoms with Crippen molar-refractivity contribution in [3.63, 3.8) is 0 Å². The standard InChI is InChI=1S/C13H26N2/c1-2-3-11-6-8-15(9-7-11)13-5-4-12(14)10-13/h11-13H,2-10,14H2,1H3. The van der Waals surface area contributed by atoms with Crippen molar-refractivity contribution in [2.75, 3.05) is 13.1 Å². The predicted octanol–water partition coefficient (Wildman–Crippen LogP) is 2.38. The molecule has 2 nitrogen and oxygen atoms in total. The van der Waals surface area contributed by atoms with E-state index in [2.05, 4.69) is 11.8 Å². The van der Waals surface area contributed by atoms with Crippen LogP contribution in [-0.2, 0) is 0 Å². The highest BCUT2D eigenvalue weighted by atomic mass is 15.2. The molecule has 0 spiro atoms. The van der Waals surface area contributed by atoms with Gasteiger partial charge in [-0.15, -0.1) is 0 Å². The number of nitrogens with zero attached hydrogens (tertiary/aromatic N) is 1. The number of rotatable bonds is 3. The van der Waals surface area contributed by atoms with Crippen LogP contribution >= 0.6 is 0 Å². The normalized spacial score (nSPS) is 34.8. The van der Waals surface area contributed by atoms with E-state index in [1.54, 1.807) is 0 Å². The molecule has 2 rings (SSSR count). The summed E-state index contributed by atoms with van der Waals surface area (Å²) in [6.45, 7) is 4.98. The van der Waals surface area contributed by atoms with Gasteiger partial charge in [-0.3, -0.25) is 0 Å². The summed E-state index contributed by atoms with van der Waals surface area (Å²) < 4.78 is 0. The van der Waals surface area contributed by atoms with E-state index in [0.29, 0.717) is 6.04 Å². The lowest BCUT2D eigenvalue weighted by molar-refractivity contribution is 0.130. The van der Waals surface area contributed by atoms with Gasteiger partial charge >= 0.3 is 0 Å². The second-order valence-electron chi connectivity index (χ2n) is 5.49. The van der Waals surface area contributed by atoms with Gasteiger partial charge < -0.3 is 10.6 Å². The minimum atomic E-state index is 0.489. The maximum absolute atomic E-state index is 5.98. The Hall–Kier alpha value is -0.0800. The topological polar surface area (TPSA) is 29.3 Å². The number of piperidine rings is 1. The van der Waals surface area contributed by atoms with Gasteiger partial charge in [0.2, 0.25) is 0 Å². The molecule has 2 unspecified atom stereocenters. The second-order valence-corrected chi connectivity index (χ2v) is 5.49. The summed E-state index contributed by atoms with van der Waals surface area (Å²) in [5.41, 5.74) is 5.98. The van der Waals surface area contributed by atoms with Gasteiger partial charge in [0, 0.05) is 12.1 Å². The van der Waals surface area contributed by atoms with E-state index in [9.17, 15) is 0 Å². The summed E-state index contributed by atoms with van der Waals surface area (Å²) in [6, 6.07) is 1.31. The summed E-state index contributed by atoms with van der Waals surface area (Å²) in [5, 5.41) is 0. The van der Waals surface area contributed by atoms with Crippen LogP contribution in [0.5, 0.6) is 0 Å². The van der Waals surface area contributed by atoms with Gasteiger partial charge in [-0.25, -0.2) is 0 Å². The molecule has 1 saturated carbocycles. The van der Waals surface area contributed by atoms with Crippen LogP contribution in [0.15, 0.2) is 0 Å². The average molecular weight is 210 g/mol. The molecule has 2 N–H and O–H groups in total. The Morgan fingerprint density at radius 1 is 1.13 bits per heavy atom. The summed E-state index contributed by atoms with van der Waals surface area (Å²) in [7, 11) is 0. The molecule has 0 aromatic carbocycles. The van der Waals surface area contributed by atoms with Crippen LogP contribution in [0.3, 0.4) is 0 Å². The minimum absolute atomic E-state index is 0.489. The number of hydrogen-bond acceptors (Lipinski definition) is 2. The zero-order chi connectivity index (χ0) is 10.7. The highest BCUT2D eigenvalue weighted by molar-refractivity contribution is 4.87. The van der Waals surface area contributed by atoms with Crippen molar-refractivity contribution in [2.24, 2.45) is 11.7 Å². The van der Waals surface area contributed by atoms with Gasteiger partial charge in [0.25, 0.3) is 0 Å². The first-order valence-corrected chi connectivity index (χ1v) is 6.79. The van der Waals surface area contributed by atoms with E-state index < -0.39 is 0 Å². The number of hydrogen-bond donors (Lipinski definition) is 1. The summed E-state index contributed by atoms with van der Waals surface area (Å²) in [5.74, 6) is 1.02. The van der Waals surface area contributed by atoms with Crippen LogP contribution in [0, 0.1) is 5.92 Å². The molecule has 1 aliphatic carbocycles. The molecule has 2 fully saturated rings. The Balaban J connectivity index is 1.73. The Labute approximate surface area is 94.2 Å². The highest BCUT2D eigenvalue weighted by Gasteiger charge is 2.29. The third-order valence-electron chi connectivity index (χ3n) is 4.31. The first kappa shape index (κ1) is 11.4. The molecule has 2 aliphatic rings. The molecule has 0 amide bonds. The lowest BCUT2D eigenvalue weighted by Crippen LogP contribution is -2.40. The van der Waals surface area contributed by atoms with Crippen molar-refractivity contribution in [3.8, 4) is 0 Å². The Morgan fingerprint density at radius 3 is 2.40 bits per heavy atom. The van der Waals surface area contributed by atoms with Crippen molar-refractivity contribution in [1.29, 1.82) is 0 Å². The van der Waals surface area contributed by atoms with E-state index in [1.165, 1.54) is 58.0 Å². The monoisotopic (exact) mass is 210 g/mol. The fraction of sp³-hybridized carbons (Fsp3) is 1.00. The van der Waals surface area contributed by atoms with Crippen LogP contribution in [0.25, 0.3) is 0 Å². The van der Waals surface area contributed by atoms with Gasteiger partial charge in [0.05, 0.1) is 0 Å². The molecule has 15 heavy (non-hydrogen) atoms. The van der Waals surface area contributed by atoms with Crippen molar-refractivity contribution in [1.82, 2.24) is 4.90 Å². The lowest BCUT2D eigenvalue weighted by Gasteiger charge is -2.36. The molecule has 0 aromatic rings. The molecule has 2 heteroatoms. The third kappa shape index (κ3) is 2.94. The molecular weight excluding hydrogens is 184 g/mol. The lowest BCUT2D eigenvalue weighted by atomic mass is 9.91. The molecule has 0 aromatic heterocycles. The van der Waals surface area contributed by atoms with E-state index in [4.69, 9.17) is 5.73 Å². The molecule has 0 radical (unpaired) electrons. The summed E-state index contributed by atoms with van der Waals surface area (Å²) in [6.07, 6.45) is 9.51. The van der Waals surface area contributed by atoms with E-state index >= 15 is 0 Å². The molecule has 1 heterocycles. The van der Waals surface area contributed by atoms with Crippen molar-refractivity contribution in [3.05, 3.63) is 0 Å². The Kier molecular flexibility index (Phi) is 4.04. The van der Waals surface area contributed by atoms with Crippen molar-refractivity contribution < 1.29 is 0 Å². The predicted molar refractivity (Wildman–Crippen MR) is 64.8 cm³/mol. The van der Waals surface area contributed by atoms with E-state index in [1.807, 2.05) is 0 Å². The van der Waals surface area contributed by atoms with Crippen molar-refractivity contribution >= 4 is 0 Å². The van der Waals surface area contributed by atoms with Crippen LogP contribution in [0.4, 0.5) is 0 Å². The van der Waals surface area contributed by atoms with Crippen LogP contribution in [0.2, 0.25) is 0 Å². The molecule has 2 atom stereocenters. The van der Waals surface area contributed by atoms with Gasteiger partial charge in [0.1, 0.15) is 0 Å². The van der Waals surface area contributed by atoms with E-state index in [-0.39, 0.29) is 0 Å². The van der Waals surface area contributed by atoms with E-state index in [0.717, 1.165) is 12.0 Å². The van der Waals surface area contributed by atoms with Gasteiger partial charge in [-0.05, 0) is 51.1 Å². The molecule has 88 valence electrons. The van der Waals surface area contributed by atoms with Crippen molar-refractivity contribution in [2.45, 2.75) is 64.0 Å². The second kappa shape index (κ2) is 5.31. The van der Waals surface area contributed by atoms with Gasteiger partial charge in [-0.2, -0.15) is 0 Å². The zero-order valence-electron chi connectivity index (χ0n) is 10.1. The fourth-order valence-corrected chi connectivity index (χ4v) is 3.34. The molecule has 0 bridgehead atoms. The summed E-state index contributed by atoms with van der Waals surface area (Å²) >= 11 is 0. The zero-order valence-corrected chi connectivity index (χ0v) is 10.1. The highest BCUT2D eigenvalue weighted by Crippen LogP contribution is 2.28. The van der Waals surface area contributed by atoms with Crippen LogP contribution in [-0.4, -0.2) is 30.1 Å². The maximum atomic E-state index is 5.98. The largest absolute Gasteiger partial charge is 0.328 e. The fourth-order valence-electron chi connectivity index (χ4n) is 3.34. The van der Waals surface area contributed by atoms with Gasteiger partial charge in [-0.1, -0.05) is 19.8 Å². The SMILES string of the molecule is CCCC1CCN(C2CCC(N)C2)CC1. The Morgan fingerprint density at radius 2 is 1.87 bits per heavy atom. The quantitative estimate of drug-likeness (QED) is 0.775. The number of nitrogens with two attached hydrogens (primary N) is 1. The van der Waals surface area contributed by atoms with Gasteiger partial charge in [0.15, 0.2) is 0 Å². The molecule has 1 aliphatic heterocycles. The first-order valence-electron chi connectivity index (χ1n) is 6.79. The van der Waals surface area contributed by atoms with Crippen LogP contribution in [0.1, 0.15) is 51.9 Å². The average Bonchev–Trinajstić information content (AvgIpc) is 2.67. The molecule has 1 saturated heterocycles. The third-order valence-corrected chi connectivity index (χ3v) is 4.31. The Bertz CT molecular complexity index is 185. The summed E-state index contributed by atoms with van der Waals surface area (Å²) in [4.78, 5) is 2.71. The maximum Gasteiger partial charge on any atom is 0.0111 e. The first-order chi connectivity index (χ1) is 7.29. The minimum Gasteiger partial charge on any atom is -0.328 e.